The fourth-order valence-electron chi connectivity index (χ4n) is 8.60. The van der Waals surface area contributed by atoms with Crippen LogP contribution in [0.25, 0.3) is 16.9 Å². The summed E-state index contributed by atoms with van der Waals surface area (Å²) in [6.45, 7) is 9.83. The minimum atomic E-state index is -1.11. The molecule has 0 radical (unpaired) electrons. The van der Waals surface area contributed by atoms with Crippen LogP contribution in [-0.4, -0.2) is 58.7 Å². The van der Waals surface area contributed by atoms with Gasteiger partial charge in [-0.1, -0.05) is 31.8 Å². The lowest BCUT2D eigenvalue weighted by Crippen LogP contribution is -2.71. The number of nitrogens with one attached hydrogen (secondary N) is 1. The third-order valence-electron chi connectivity index (χ3n) is 10.5. The van der Waals surface area contributed by atoms with Crippen molar-refractivity contribution in [1.29, 1.82) is 0 Å². The van der Waals surface area contributed by atoms with Gasteiger partial charge in [0.15, 0.2) is 5.69 Å². The maximum Gasteiger partial charge on any atom is 0.332 e. The lowest BCUT2D eigenvalue weighted by atomic mass is 9.48. The lowest BCUT2D eigenvalue weighted by molar-refractivity contribution is -0.180. The highest BCUT2D eigenvalue weighted by molar-refractivity contribution is 5.98. The predicted molar refractivity (Wildman–Crippen MR) is 188 cm³/mol. The zero-order valence-electron chi connectivity index (χ0n) is 29.8. The normalized spacial score (nSPS) is 23.9. The molecule has 9 heteroatoms. The lowest BCUT2D eigenvalue weighted by Gasteiger charge is -2.59. The Balaban J connectivity index is 1.49. The molecule has 4 aliphatic rings. The van der Waals surface area contributed by atoms with E-state index in [0.29, 0.717) is 41.0 Å². The molecule has 49 heavy (non-hydrogen) atoms. The SMILES string of the molecule is COc1cccc(OC)c1-c1cc(C(=O)NC2(C(=O)OC(C)(C)C)C3CC4CC(C3)CC2C4)nn1-c1ccc(C#CCCO)cc1C(C)C. The van der Waals surface area contributed by atoms with Gasteiger partial charge in [0.05, 0.1) is 37.8 Å². The average molecular weight is 668 g/mol. The van der Waals surface area contributed by atoms with Gasteiger partial charge in [0.2, 0.25) is 0 Å². The number of amides is 1. The summed E-state index contributed by atoms with van der Waals surface area (Å²) in [5.74, 6) is 7.83. The number of rotatable bonds is 9. The first-order valence-corrected chi connectivity index (χ1v) is 17.5. The van der Waals surface area contributed by atoms with Crippen molar-refractivity contribution in [2.45, 2.75) is 90.2 Å². The van der Waals surface area contributed by atoms with Gasteiger partial charge in [-0.2, -0.15) is 5.10 Å². The molecule has 0 saturated heterocycles. The second-order valence-corrected chi connectivity index (χ2v) is 15.2. The molecule has 3 aromatic rings. The number of hydrogen-bond acceptors (Lipinski definition) is 7. The van der Waals surface area contributed by atoms with Crippen LogP contribution < -0.4 is 14.8 Å². The molecular formula is C40H49N3O6. The summed E-state index contributed by atoms with van der Waals surface area (Å²) in [7, 11) is 3.20. The van der Waals surface area contributed by atoms with E-state index in [1.807, 2.05) is 57.2 Å². The molecule has 2 N–H and O–H groups in total. The number of esters is 1. The molecule has 1 heterocycles. The van der Waals surface area contributed by atoms with Crippen molar-refractivity contribution in [3.63, 3.8) is 0 Å². The Labute approximate surface area is 289 Å². The van der Waals surface area contributed by atoms with Crippen LogP contribution in [0.3, 0.4) is 0 Å². The van der Waals surface area contributed by atoms with Gasteiger partial charge in [0.1, 0.15) is 22.6 Å². The first kappa shape index (κ1) is 34.6. The molecule has 4 aliphatic carbocycles. The van der Waals surface area contributed by atoms with Crippen LogP contribution in [0.4, 0.5) is 0 Å². The van der Waals surface area contributed by atoms with Crippen molar-refractivity contribution in [2.24, 2.45) is 23.7 Å². The van der Waals surface area contributed by atoms with Gasteiger partial charge in [-0.15, -0.1) is 0 Å². The first-order valence-electron chi connectivity index (χ1n) is 17.5. The zero-order valence-corrected chi connectivity index (χ0v) is 29.8. The highest BCUT2D eigenvalue weighted by atomic mass is 16.6. The molecule has 0 atom stereocenters. The van der Waals surface area contributed by atoms with Crippen molar-refractivity contribution in [1.82, 2.24) is 15.1 Å². The molecule has 1 aromatic heterocycles. The van der Waals surface area contributed by atoms with Crippen LogP contribution >= 0.6 is 0 Å². The minimum Gasteiger partial charge on any atom is -0.496 e. The highest BCUT2D eigenvalue weighted by Gasteiger charge is 2.63. The summed E-state index contributed by atoms with van der Waals surface area (Å²) in [4.78, 5) is 28.8. The Bertz CT molecular complexity index is 1740. The summed E-state index contributed by atoms with van der Waals surface area (Å²) >= 11 is 0. The maximum atomic E-state index is 14.6. The average Bonchev–Trinajstić information content (AvgIpc) is 3.50. The van der Waals surface area contributed by atoms with E-state index in [2.05, 4.69) is 31.0 Å². The van der Waals surface area contributed by atoms with E-state index in [4.69, 9.17) is 19.3 Å². The maximum absolute atomic E-state index is 14.6. The molecule has 1 amide bonds. The molecule has 7 rings (SSSR count). The van der Waals surface area contributed by atoms with Gasteiger partial charge in [0.25, 0.3) is 5.91 Å². The topological polar surface area (TPSA) is 112 Å². The number of benzene rings is 2. The molecule has 4 bridgehead atoms. The van der Waals surface area contributed by atoms with Gasteiger partial charge in [-0.05, 0) is 124 Å². The quantitative estimate of drug-likeness (QED) is 0.193. The monoisotopic (exact) mass is 667 g/mol. The van der Waals surface area contributed by atoms with Crippen molar-refractivity contribution in [3.8, 4) is 40.3 Å². The van der Waals surface area contributed by atoms with Crippen molar-refractivity contribution in [3.05, 3.63) is 59.3 Å². The number of methoxy groups -OCH3 is 2. The van der Waals surface area contributed by atoms with Gasteiger partial charge in [-0.3, -0.25) is 4.79 Å². The third-order valence-corrected chi connectivity index (χ3v) is 10.5. The molecule has 260 valence electrons. The van der Waals surface area contributed by atoms with E-state index in [-0.39, 0.29) is 36.0 Å². The van der Waals surface area contributed by atoms with E-state index in [1.165, 1.54) is 6.42 Å². The Morgan fingerprint density at radius 3 is 2.18 bits per heavy atom. The van der Waals surface area contributed by atoms with Crippen molar-refractivity contribution >= 4 is 11.9 Å². The largest absolute Gasteiger partial charge is 0.496 e. The Kier molecular flexibility index (Phi) is 9.56. The Hall–Kier alpha value is -4.29. The molecule has 9 nitrogen and oxygen atoms in total. The number of carbonyl (C=O) groups is 2. The van der Waals surface area contributed by atoms with Crippen LogP contribution in [0.5, 0.6) is 11.5 Å². The van der Waals surface area contributed by atoms with Gasteiger partial charge in [0, 0.05) is 12.0 Å². The predicted octanol–water partition coefficient (Wildman–Crippen LogP) is 6.68. The van der Waals surface area contributed by atoms with Gasteiger partial charge in [-0.25, -0.2) is 9.48 Å². The zero-order chi connectivity index (χ0) is 35.1. The van der Waals surface area contributed by atoms with Crippen LogP contribution in [-0.2, 0) is 9.53 Å². The van der Waals surface area contributed by atoms with E-state index >= 15 is 0 Å². The van der Waals surface area contributed by atoms with Crippen LogP contribution in [0.15, 0.2) is 42.5 Å². The van der Waals surface area contributed by atoms with Crippen LogP contribution in [0.2, 0.25) is 0 Å². The van der Waals surface area contributed by atoms with E-state index in [0.717, 1.165) is 42.5 Å². The fraction of sp³-hybridized carbons (Fsp3) is 0.525. The van der Waals surface area contributed by atoms with Crippen LogP contribution in [0.1, 0.15) is 101 Å². The van der Waals surface area contributed by atoms with Gasteiger partial charge >= 0.3 is 5.97 Å². The summed E-state index contributed by atoms with van der Waals surface area (Å²) in [5.41, 5.74) is 2.22. The third kappa shape index (κ3) is 6.55. The standard InChI is InChI=1S/C40H49N3O6/c1-24(2)30-22-25(11-8-9-16-44)14-15-32(30)43-33(36-34(47-6)12-10-13-35(36)48-7)23-31(42-43)37(45)41-40(38(46)49-39(3,4)5)28-18-26-17-27(20-28)21-29(40)19-26/h10,12-15,22-24,26-29,44H,9,16-21H2,1-7H3,(H,41,45). The molecule has 0 aliphatic heterocycles. The molecule has 4 fully saturated rings. The molecule has 4 saturated carbocycles. The number of ether oxygens (including phenoxy) is 3. The molecule has 2 aromatic carbocycles. The van der Waals surface area contributed by atoms with Crippen molar-refractivity contribution < 1.29 is 28.9 Å². The number of aliphatic hydroxyl groups is 1. The number of nitrogens with zero attached hydrogens (tertiary/aromatic N) is 2. The minimum absolute atomic E-state index is 0.00220. The highest BCUT2D eigenvalue weighted by Crippen LogP contribution is 2.59. The summed E-state index contributed by atoms with van der Waals surface area (Å²) in [5, 5.41) is 17.5. The number of hydrogen-bond donors (Lipinski definition) is 2. The fourth-order valence-corrected chi connectivity index (χ4v) is 8.60. The van der Waals surface area contributed by atoms with E-state index in [1.54, 1.807) is 25.0 Å². The van der Waals surface area contributed by atoms with Crippen molar-refractivity contribution in [2.75, 3.05) is 20.8 Å². The second-order valence-electron chi connectivity index (χ2n) is 15.2. The molecular weight excluding hydrogens is 618 g/mol. The number of aliphatic hydroxyl groups excluding tert-OH is 1. The first-order chi connectivity index (χ1) is 23.4. The van der Waals surface area contributed by atoms with E-state index < -0.39 is 17.0 Å². The summed E-state index contributed by atoms with van der Waals surface area (Å²) in [6, 6.07) is 13.2. The summed E-state index contributed by atoms with van der Waals surface area (Å²) < 4.78 is 19.5. The second kappa shape index (κ2) is 13.5. The van der Waals surface area contributed by atoms with E-state index in [9.17, 15) is 14.7 Å². The van der Waals surface area contributed by atoms with Crippen LogP contribution in [0, 0.1) is 35.5 Å². The summed E-state index contributed by atoms with van der Waals surface area (Å²) in [6.07, 6.45) is 5.25. The van der Waals surface area contributed by atoms with Gasteiger partial charge < -0.3 is 24.6 Å². The Morgan fingerprint density at radius 1 is 1.00 bits per heavy atom. The Morgan fingerprint density at radius 2 is 1.63 bits per heavy atom. The number of carbonyl (C=O) groups excluding carboxylic acids is 2. The smallest absolute Gasteiger partial charge is 0.332 e. The molecule has 0 unspecified atom stereocenters. The number of aromatic nitrogens is 2. The molecule has 0 spiro atoms.